The Morgan fingerprint density at radius 3 is 2.75 bits per heavy atom. The lowest BCUT2D eigenvalue weighted by Crippen LogP contribution is -2.30. The van der Waals surface area contributed by atoms with E-state index in [-0.39, 0.29) is 5.69 Å². The molecular weight excluding hydrogens is 256 g/mol. The fourth-order valence-corrected chi connectivity index (χ4v) is 1.91. The molecule has 0 fully saturated rings. The number of nitrogens with one attached hydrogen (secondary N) is 1. The molecular formula is C14H24N4O2. The van der Waals surface area contributed by atoms with Crippen LogP contribution in [0.5, 0.6) is 0 Å². The van der Waals surface area contributed by atoms with Crippen molar-refractivity contribution in [1.29, 1.82) is 0 Å². The van der Waals surface area contributed by atoms with Gasteiger partial charge in [-0.2, -0.15) is 0 Å². The number of esters is 1. The van der Waals surface area contributed by atoms with Crippen molar-refractivity contribution >= 4 is 17.5 Å². The molecule has 0 aliphatic heterocycles. The maximum atomic E-state index is 11.4. The molecule has 1 rings (SSSR count). The van der Waals surface area contributed by atoms with Crippen LogP contribution in [0.3, 0.4) is 0 Å². The van der Waals surface area contributed by atoms with Gasteiger partial charge in [-0.25, -0.2) is 9.78 Å². The first kappa shape index (κ1) is 16.2. The monoisotopic (exact) mass is 280 g/mol. The summed E-state index contributed by atoms with van der Waals surface area (Å²) >= 11 is 0. The lowest BCUT2D eigenvalue weighted by atomic mass is 10.3. The number of pyridine rings is 1. The van der Waals surface area contributed by atoms with Crippen molar-refractivity contribution in [3.63, 3.8) is 0 Å². The maximum absolute atomic E-state index is 11.4. The van der Waals surface area contributed by atoms with Crippen LogP contribution in [0, 0.1) is 0 Å². The third-order valence-electron chi connectivity index (χ3n) is 3.03. The SMILES string of the molecule is CCCN(CC)CCNc1nc(C(=O)OC)ccc1N. The van der Waals surface area contributed by atoms with E-state index < -0.39 is 5.97 Å². The van der Waals surface area contributed by atoms with Crippen LogP contribution in [0.15, 0.2) is 12.1 Å². The summed E-state index contributed by atoms with van der Waals surface area (Å²) in [6, 6.07) is 3.22. The van der Waals surface area contributed by atoms with Crippen molar-refractivity contribution < 1.29 is 9.53 Å². The molecule has 6 heteroatoms. The Bertz CT molecular complexity index is 437. The molecule has 0 aromatic carbocycles. The fraction of sp³-hybridized carbons (Fsp3) is 0.571. The third-order valence-corrected chi connectivity index (χ3v) is 3.03. The molecule has 1 heterocycles. The molecule has 0 unspecified atom stereocenters. The normalized spacial score (nSPS) is 10.6. The predicted octanol–water partition coefficient (Wildman–Crippen LogP) is 1.59. The lowest BCUT2D eigenvalue weighted by Gasteiger charge is -2.20. The molecule has 3 N–H and O–H groups in total. The first-order chi connectivity index (χ1) is 9.62. The summed E-state index contributed by atoms with van der Waals surface area (Å²) in [5, 5.41) is 3.17. The van der Waals surface area contributed by atoms with Gasteiger partial charge in [0.25, 0.3) is 0 Å². The number of rotatable bonds is 8. The molecule has 1 aromatic heterocycles. The highest BCUT2D eigenvalue weighted by molar-refractivity contribution is 5.88. The molecule has 0 spiro atoms. The van der Waals surface area contributed by atoms with Gasteiger partial charge in [0, 0.05) is 13.1 Å². The van der Waals surface area contributed by atoms with Crippen LogP contribution in [-0.2, 0) is 4.74 Å². The second-order valence-corrected chi connectivity index (χ2v) is 4.49. The minimum Gasteiger partial charge on any atom is -0.464 e. The summed E-state index contributed by atoms with van der Waals surface area (Å²) < 4.78 is 4.64. The number of ether oxygens (including phenoxy) is 1. The van der Waals surface area contributed by atoms with E-state index in [0.29, 0.717) is 11.5 Å². The van der Waals surface area contributed by atoms with Crippen molar-refractivity contribution in [2.75, 3.05) is 44.3 Å². The molecule has 0 radical (unpaired) electrons. The van der Waals surface area contributed by atoms with Gasteiger partial charge in [-0.3, -0.25) is 0 Å². The molecule has 1 aromatic rings. The number of aromatic nitrogens is 1. The highest BCUT2D eigenvalue weighted by Gasteiger charge is 2.10. The topological polar surface area (TPSA) is 80.5 Å². The number of nitrogens with two attached hydrogens (primary N) is 1. The standard InChI is InChI=1S/C14H24N4O2/c1-4-9-18(5-2)10-8-16-13-11(15)6-7-12(17-13)14(19)20-3/h6-7H,4-5,8-10,15H2,1-3H3,(H,16,17). The average Bonchev–Trinajstić information content (AvgIpc) is 2.47. The van der Waals surface area contributed by atoms with E-state index in [9.17, 15) is 4.79 Å². The fourth-order valence-electron chi connectivity index (χ4n) is 1.91. The number of hydrogen-bond donors (Lipinski definition) is 2. The number of hydrogen-bond acceptors (Lipinski definition) is 6. The zero-order chi connectivity index (χ0) is 15.0. The van der Waals surface area contributed by atoms with Crippen molar-refractivity contribution in [2.24, 2.45) is 0 Å². The van der Waals surface area contributed by atoms with Gasteiger partial charge in [0.1, 0.15) is 5.82 Å². The van der Waals surface area contributed by atoms with Gasteiger partial charge < -0.3 is 20.7 Å². The van der Waals surface area contributed by atoms with Gasteiger partial charge in [0.2, 0.25) is 0 Å². The second kappa shape index (κ2) is 8.37. The van der Waals surface area contributed by atoms with Crippen LogP contribution in [0.25, 0.3) is 0 Å². The largest absolute Gasteiger partial charge is 0.464 e. The van der Waals surface area contributed by atoms with E-state index >= 15 is 0 Å². The minimum atomic E-state index is -0.464. The molecule has 6 nitrogen and oxygen atoms in total. The minimum absolute atomic E-state index is 0.255. The van der Waals surface area contributed by atoms with Crippen LogP contribution < -0.4 is 11.1 Å². The molecule has 0 aliphatic carbocycles. The summed E-state index contributed by atoms with van der Waals surface area (Å²) in [5.41, 5.74) is 6.63. The molecule has 0 atom stereocenters. The van der Waals surface area contributed by atoms with Crippen molar-refractivity contribution in [3.8, 4) is 0 Å². The smallest absolute Gasteiger partial charge is 0.356 e. The third kappa shape index (κ3) is 4.70. The first-order valence-corrected chi connectivity index (χ1v) is 6.93. The van der Waals surface area contributed by atoms with E-state index in [4.69, 9.17) is 5.73 Å². The van der Waals surface area contributed by atoms with E-state index in [2.05, 4.69) is 33.8 Å². The Balaban J connectivity index is 2.60. The second-order valence-electron chi connectivity index (χ2n) is 4.49. The number of nitrogens with zero attached hydrogens (tertiary/aromatic N) is 2. The first-order valence-electron chi connectivity index (χ1n) is 6.93. The number of nitrogen functional groups attached to an aromatic ring is 1. The summed E-state index contributed by atoms with van der Waals surface area (Å²) in [6.07, 6.45) is 1.13. The van der Waals surface area contributed by atoms with E-state index in [1.807, 2.05) is 0 Å². The molecule has 0 saturated heterocycles. The van der Waals surface area contributed by atoms with Gasteiger partial charge in [0.05, 0.1) is 12.8 Å². The van der Waals surface area contributed by atoms with Crippen LogP contribution in [0.2, 0.25) is 0 Å². The Kier molecular flexibility index (Phi) is 6.79. The van der Waals surface area contributed by atoms with E-state index in [1.54, 1.807) is 12.1 Å². The van der Waals surface area contributed by atoms with Crippen LogP contribution in [0.1, 0.15) is 30.8 Å². The van der Waals surface area contributed by atoms with Gasteiger partial charge in [-0.05, 0) is 31.6 Å². The zero-order valence-corrected chi connectivity index (χ0v) is 12.5. The molecule has 0 bridgehead atoms. The highest BCUT2D eigenvalue weighted by Crippen LogP contribution is 2.15. The number of likely N-dealkylation sites (N-methyl/N-ethyl adjacent to an activating group) is 1. The Morgan fingerprint density at radius 2 is 2.15 bits per heavy atom. The number of carbonyl (C=O) groups is 1. The molecule has 0 aliphatic rings. The summed E-state index contributed by atoms with van der Waals surface area (Å²) in [5.74, 6) is 0.0645. The van der Waals surface area contributed by atoms with Crippen molar-refractivity contribution in [2.45, 2.75) is 20.3 Å². The average molecular weight is 280 g/mol. The molecule has 20 heavy (non-hydrogen) atoms. The summed E-state index contributed by atoms with van der Waals surface area (Å²) in [4.78, 5) is 18.0. The Labute approximate surface area is 120 Å². The van der Waals surface area contributed by atoms with E-state index in [1.165, 1.54) is 7.11 Å². The summed E-state index contributed by atoms with van der Waals surface area (Å²) in [7, 11) is 1.33. The number of methoxy groups -OCH3 is 1. The Morgan fingerprint density at radius 1 is 1.40 bits per heavy atom. The molecule has 0 saturated carbocycles. The van der Waals surface area contributed by atoms with Gasteiger partial charge >= 0.3 is 5.97 Å². The number of carbonyl (C=O) groups excluding carboxylic acids is 1. The van der Waals surface area contributed by atoms with Crippen molar-refractivity contribution in [1.82, 2.24) is 9.88 Å². The van der Waals surface area contributed by atoms with Crippen molar-refractivity contribution in [3.05, 3.63) is 17.8 Å². The predicted molar refractivity (Wildman–Crippen MR) is 80.9 cm³/mol. The van der Waals surface area contributed by atoms with Crippen LogP contribution in [0.4, 0.5) is 11.5 Å². The van der Waals surface area contributed by atoms with Gasteiger partial charge in [-0.15, -0.1) is 0 Å². The van der Waals surface area contributed by atoms with Gasteiger partial charge in [0.15, 0.2) is 5.69 Å². The zero-order valence-electron chi connectivity index (χ0n) is 12.5. The quantitative estimate of drug-likeness (QED) is 0.704. The maximum Gasteiger partial charge on any atom is 0.356 e. The number of anilines is 2. The lowest BCUT2D eigenvalue weighted by molar-refractivity contribution is 0.0594. The van der Waals surface area contributed by atoms with Crippen LogP contribution >= 0.6 is 0 Å². The Hall–Kier alpha value is -1.82. The van der Waals surface area contributed by atoms with E-state index in [0.717, 1.165) is 32.6 Å². The van der Waals surface area contributed by atoms with Crippen LogP contribution in [-0.4, -0.2) is 49.1 Å². The highest BCUT2D eigenvalue weighted by atomic mass is 16.5. The molecule has 112 valence electrons. The van der Waals surface area contributed by atoms with Gasteiger partial charge in [-0.1, -0.05) is 13.8 Å². The summed E-state index contributed by atoms with van der Waals surface area (Å²) in [6.45, 7) is 8.03. The molecule has 0 amide bonds.